The molecule has 12 nitrogen and oxygen atoms in total. The van der Waals surface area contributed by atoms with Gasteiger partial charge < -0.3 is 29.3 Å². The van der Waals surface area contributed by atoms with Gasteiger partial charge in [0.2, 0.25) is 0 Å². The number of hydrogen-bond donors (Lipinski definition) is 4. The van der Waals surface area contributed by atoms with E-state index in [4.69, 9.17) is 38.0 Å². The highest BCUT2D eigenvalue weighted by atomic mass is 32.1. The summed E-state index contributed by atoms with van der Waals surface area (Å²) in [5.41, 5.74) is -0.616. The molecule has 15 heteroatoms. The number of H-pyrrole nitrogens is 1. The molecule has 0 amide bonds. The molecule has 4 N–H and O–H groups in total. The summed E-state index contributed by atoms with van der Waals surface area (Å²) in [5, 5.41) is 30.1. The first-order valence-electron chi connectivity index (χ1n) is 10.3. The first kappa shape index (κ1) is 21.4. The Hall–Kier alpha value is -2.16. The van der Waals surface area contributed by atoms with Crippen LogP contribution in [0.3, 0.4) is 0 Å². The molecule has 1 aromatic heterocycles. The number of aromatic amines is 1. The lowest BCUT2D eigenvalue weighted by atomic mass is 10.1. The summed E-state index contributed by atoms with van der Waals surface area (Å²) in [7, 11) is -3.55. The predicted octanol–water partition coefficient (Wildman–Crippen LogP) is 1.06. The van der Waals surface area contributed by atoms with Crippen LogP contribution in [0.25, 0.3) is 0 Å². The normalized spacial score (nSPS) is 32.5. The van der Waals surface area contributed by atoms with Crippen molar-refractivity contribution in [1.29, 1.82) is 0 Å². The molecule has 5 atom stereocenters. The summed E-state index contributed by atoms with van der Waals surface area (Å²) in [4.78, 5) is 14.5. The Morgan fingerprint density at radius 1 is 1.48 bits per heavy atom. The third-order valence-corrected chi connectivity index (χ3v) is 6.46. The number of nitrogens with one attached hydrogen (secondary N) is 1. The maximum Gasteiger partial charge on any atom is 0.530 e. The second-order valence-corrected chi connectivity index (χ2v) is 8.95. The maximum atomic E-state index is 15.8. The van der Waals surface area contributed by atoms with E-state index in [1.165, 1.54) is 13.2 Å². The van der Waals surface area contributed by atoms with Gasteiger partial charge in [-0.2, -0.15) is 0 Å². The smallest absolute Gasteiger partial charge is 0.493 e. The molecule has 0 aliphatic carbocycles. The van der Waals surface area contributed by atoms with E-state index in [-0.39, 0.29) is 28.3 Å². The molecule has 180 valence electrons. The standard InChI is InChI=1S/C18H20FN2O10PS/c1-27-11-4-2-3-9-7-28-32(26,31-13(9)11)29-8-18(19)14(24)12(23)16(30-18)21-5-10(6-22)15(33)20-17(21)25/h2-5,12,14,16,22-24H,6-8H2,1H3,(H,20,25,33)/t12-,14+,16-,18-,32?/m1/s1/i8D2. The number of aromatic nitrogens is 2. The van der Waals surface area contributed by atoms with Crippen molar-refractivity contribution in [3.05, 3.63) is 50.6 Å². The van der Waals surface area contributed by atoms with Crippen molar-refractivity contribution in [2.75, 3.05) is 13.7 Å². The van der Waals surface area contributed by atoms with Crippen LogP contribution in [0.4, 0.5) is 4.39 Å². The zero-order chi connectivity index (χ0) is 25.8. The lowest BCUT2D eigenvalue weighted by Crippen LogP contribution is -2.43. The number of aliphatic hydroxyl groups is 3. The van der Waals surface area contributed by atoms with Crippen molar-refractivity contribution in [3.63, 3.8) is 0 Å². The topological polar surface area (TPSA) is 162 Å². The zero-order valence-electron chi connectivity index (χ0n) is 18.8. The molecule has 3 heterocycles. The predicted molar refractivity (Wildman–Crippen MR) is 110 cm³/mol. The van der Waals surface area contributed by atoms with E-state index in [1.807, 2.05) is 0 Å². The molecule has 0 saturated carbocycles. The van der Waals surface area contributed by atoms with Crippen LogP contribution in [0.15, 0.2) is 29.2 Å². The number of methoxy groups -OCH3 is 1. The van der Waals surface area contributed by atoms with Gasteiger partial charge in [-0.1, -0.05) is 24.4 Å². The fourth-order valence-electron chi connectivity index (χ4n) is 3.21. The number of phosphoric ester groups is 1. The number of hydrogen-bond acceptors (Lipinski definition) is 11. The molecule has 0 bridgehead atoms. The van der Waals surface area contributed by atoms with Crippen LogP contribution in [0.5, 0.6) is 11.5 Å². The average Bonchev–Trinajstić information content (AvgIpc) is 3.03. The van der Waals surface area contributed by atoms with E-state index >= 15 is 4.39 Å². The molecule has 0 spiro atoms. The van der Waals surface area contributed by atoms with Crippen LogP contribution in [-0.2, 0) is 31.6 Å². The van der Waals surface area contributed by atoms with Crippen molar-refractivity contribution >= 4 is 20.0 Å². The quantitative estimate of drug-likeness (QED) is 0.326. The van der Waals surface area contributed by atoms with Crippen molar-refractivity contribution < 1.29 is 50.1 Å². The Bertz CT molecular complexity index is 1290. The van der Waals surface area contributed by atoms with Gasteiger partial charge in [-0.3, -0.25) is 18.6 Å². The van der Waals surface area contributed by atoms with Gasteiger partial charge in [-0.15, -0.1) is 0 Å². The molecule has 1 fully saturated rings. The second-order valence-electron chi connectivity index (χ2n) is 7.02. The Kier molecular flexibility index (Phi) is 5.76. The van der Waals surface area contributed by atoms with Crippen molar-refractivity contribution in [2.24, 2.45) is 0 Å². The van der Waals surface area contributed by atoms with Crippen LogP contribution in [-0.4, -0.2) is 56.6 Å². The minimum atomic E-state index is -4.86. The van der Waals surface area contributed by atoms with Gasteiger partial charge in [0.15, 0.2) is 17.7 Å². The largest absolute Gasteiger partial charge is 0.530 e. The van der Waals surface area contributed by atoms with Crippen molar-refractivity contribution in [2.45, 2.75) is 37.5 Å². The lowest BCUT2D eigenvalue weighted by molar-refractivity contribution is -0.205. The van der Waals surface area contributed by atoms with Crippen LogP contribution < -0.4 is 15.0 Å². The van der Waals surface area contributed by atoms with E-state index in [0.29, 0.717) is 10.1 Å². The SMILES string of the molecule is [2H]C([2H])(OP1(=O)OCc2cccc(OC)c2O1)[C@@]1(F)O[C@@H](n2cc(CO)c(=S)[nH]c2=O)[C@H](O)[C@@H]1O. The van der Waals surface area contributed by atoms with E-state index in [1.54, 1.807) is 12.1 Å². The van der Waals surface area contributed by atoms with Gasteiger partial charge in [0.05, 0.1) is 23.1 Å². The van der Waals surface area contributed by atoms with E-state index in [2.05, 4.69) is 4.98 Å². The summed E-state index contributed by atoms with van der Waals surface area (Å²) in [6.07, 6.45) is -5.88. The third kappa shape index (κ3) is 4.36. The fourth-order valence-corrected chi connectivity index (χ4v) is 4.53. The molecule has 0 radical (unpaired) electrons. The Labute approximate surface area is 193 Å². The van der Waals surface area contributed by atoms with Crippen molar-refractivity contribution in [1.82, 2.24) is 9.55 Å². The first-order valence-corrected chi connectivity index (χ1v) is 11.2. The summed E-state index contributed by atoms with van der Waals surface area (Å²) in [6, 6.07) is 4.62. The van der Waals surface area contributed by atoms with Gasteiger partial charge in [0.25, 0.3) is 5.85 Å². The number of benzene rings is 1. The Morgan fingerprint density at radius 3 is 2.94 bits per heavy atom. The van der Waals surface area contributed by atoms with Gasteiger partial charge in [-0.05, 0) is 6.07 Å². The average molecular weight is 508 g/mol. The zero-order valence-corrected chi connectivity index (χ0v) is 18.5. The van der Waals surface area contributed by atoms with Crippen LogP contribution in [0.2, 0.25) is 0 Å². The van der Waals surface area contributed by atoms with E-state index < -0.39 is 51.0 Å². The summed E-state index contributed by atoms with van der Waals surface area (Å²) in [5.74, 6) is -3.83. The van der Waals surface area contributed by atoms with Gasteiger partial charge in [0, 0.05) is 17.3 Å². The number of nitrogens with zero attached hydrogens (tertiary/aromatic N) is 1. The number of alkyl halides is 1. The number of fused-ring (bicyclic) bond motifs is 1. The summed E-state index contributed by atoms with van der Waals surface area (Å²) < 4.78 is 70.5. The number of ether oxygens (including phenoxy) is 2. The minimum absolute atomic E-state index is 0.00145. The van der Waals surface area contributed by atoms with Gasteiger partial charge >= 0.3 is 13.5 Å². The molecule has 2 aliphatic heterocycles. The Balaban J connectivity index is 1.64. The molecule has 1 aromatic carbocycles. The highest BCUT2D eigenvalue weighted by Crippen LogP contribution is 2.57. The molecule has 1 unspecified atom stereocenters. The molecule has 4 rings (SSSR count). The number of phosphoric acid groups is 1. The molecule has 2 aromatic rings. The number of para-hydroxylation sites is 1. The Morgan fingerprint density at radius 2 is 2.24 bits per heavy atom. The molecular formula is C18H20FN2O10PS. The van der Waals surface area contributed by atoms with Crippen LogP contribution in [0.1, 0.15) is 20.1 Å². The van der Waals surface area contributed by atoms with E-state index in [9.17, 15) is 24.7 Å². The van der Waals surface area contributed by atoms with Crippen molar-refractivity contribution in [3.8, 4) is 11.5 Å². The number of aliphatic hydroxyl groups excluding tert-OH is 3. The monoisotopic (exact) mass is 508 g/mol. The van der Waals surface area contributed by atoms with Crippen LogP contribution >= 0.6 is 20.0 Å². The second kappa shape index (κ2) is 8.89. The number of halogens is 1. The molecule has 1 saturated heterocycles. The summed E-state index contributed by atoms with van der Waals surface area (Å²) in [6.45, 7) is -4.74. The number of rotatable bonds is 6. The molecular weight excluding hydrogens is 486 g/mol. The fraction of sp³-hybridized carbons (Fsp3) is 0.444. The van der Waals surface area contributed by atoms with E-state index in [0.717, 1.165) is 6.20 Å². The van der Waals surface area contributed by atoms with Gasteiger partial charge in [-0.25, -0.2) is 13.8 Å². The lowest BCUT2D eigenvalue weighted by Gasteiger charge is -2.28. The summed E-state index contributed by atoms with van der Waals surface area (Å²) >= 11 is 4.88. The molecule has 2 aliphatic rings. The first-order chi connectivity index (χ1) is 16.4. The highest BCUT2D eigenvalue weighted by Gasteiger charge is 2.57. The highest BCUT2D eigenvalue weighted by molar-refractivity contribution is 7.71. The third-order valence-electron chi connectivity index (χ3n) is 4.93. The van der Waals surface area contributed by atoms with Crippen LogP contribution in [0, 0.1) is 4.64 Å². The minimum Gasteiger partial charge on any atom is -0.493 e. The molecule has 33 heavy (non-hydrogen) atoms. The maximum absolute atomic E-state index is 15.8. The van der Waals surface area contributed by atoms with Gasteiger partial charge in [0.1, 0.15) is 23.4 Å².